The van der Waals surface area contributed by atoms with Crippen LogP contribution in [0.2, 0.25) is 0 Å². The number of rotatable bonds is 2. The molecule has 0 bridgehead atoms. The number of aliphatic hydroxyl groups excluding tert-OH is 1. The number of nitrogens with two attached hydrogens (primary N) is 2. The third-order valence-corrected chi connectivity index (χ3v) is 2.59. The fourth-order valence-electron chi connectivity index (χ4n) is 1.83. The molecular weight excluding hydrogens is 140 g/mol. The van der Waals surface area contributed by atoms with E-state index in [0.29, 0.717) is 12.0 Å². The first-order chi connectivity index (χ1) is 5.24. The summed E-state index contributed by atoms with van der Waals surface area (Å²) in [7, 11) is 0. The van der Waals surface area contributed by atoms with Gasteiger partial charge in [0.2, 0.25) is 0 Å². The van der Waals surface area contributed by atoms with Crippen LogP contribution in [0.1, 0.15) is 25.7 Å². The average molecular weight is 158 g/mol. The van der Waals surface area contributed by atoms with Crippen LogP contribution in [0.4, 0.5) is 0 Å². The molecule has 1 fully saturated rings. The molecule has 3 unspecified atom stereocenters. The van der Waals surface area contributed by atoms with E-state index in [1.165, 1.54) is 0 Å². The molecule has 66 valence electrons. The Morgan fingerprint density at radius 2 is 2.00 bits per heavy atom. The van der Waals surface area contributed by atoms with Crippen molar-refractivity contribution in [3.8, 4) is 0 Å². The van der Waals surface area contributed by atoms with Crippen LogP contribution in [0.25, 0.3) is 0 Å². The number of aliphatic hydroxyl groups is 1. The highest BCUT2D eigenvalue weighted by atomic mass is 16.3. The van der Waals surface area contributed by atoms with E-state index >= 15 is 0 Å². The minimum atomic E-state index is 0.214. The largest absolute Gasteiger partial charge is 0.396 e. The van der Waals surface area contributed by atoms with Crippen LogP contribution in [0.3, 0.4) is 0 Å². The highest BCUT2D eigenvalue weighted by molar-refractivity contribution is 4.83. The predicted molar refractivity (Wildman–Crippen MR) is 45.0 cm³/mol. The molecule has 0 saturated heterocycles. The van der Waals surface area contributed by atoms with E-state index in [0.717, 1.165) is 25.7 Å². The van der Waals surface area contributed by atoms with E-state index in [-0.39, 0.29) is 12.6 Å². The highest BCUT2D eigenvalue weighted by Crippen LogP contribution is 2.24. The van der Waals surface area contributed by atoms with Crippen molar-refractivity contribution >= 4 is 0 Å². The maximum Gasteiger partial charge on any atom is 0.0434 e. The van der Waals surface area contributed by atoms with Gasteiger partial charge in [-0.3, -0.25) is 0 Å². The summed E-state index contributed by atoms with van der Waals surface area (Å²) in [5, 5.41) is 8.72. The van der Waals surface area contributed by atoms with E-state index in [1.807, 2.05) is 0 Å². The van der Waals surface area contributed by atoms with Crippen molar-refractivity contribution in [2.45, 2.75) is 37.8 Å². The summed E-state index contributed by atoms with van der Waals surface area (Å²) < 4.78 is 0. The van der Waals surface area contributed by atoms with Gasteiger partial charge in [0.1, 0.15) is 0 Å². The SMILES string of the molecule is NC1CCC(CCO)C(N)C1. The minimum absolute atomic E-state index is 0.214. The van der Waals surface area contributed by atoms with Gasteiger partial charge in [-0.15, -0.1) is 0 Å². The molecule has 1 aliphatic rings. The molecule has 0 aliphatic heterocycles. The Bertz CT molecular complexity index is 119. The van der Waals surface area contributed by atoms with Crippen molar-refractivity contribution < 1.29 is 5.11 Å². The Kier molecular flexibility index (Phi) is 3.30. The Labute approximate surface area is 67.8 Å². The Balaban J connectivity index is 2.31. The quantitative estimate of drug-likeness (QED) is 0.522. The number of hydrogen-bond acceptors (Lipinski definition) is 3. The lowest BCUT2D eigenvalue weighted by molar-refractivity contribution is 0.203. The second-order valence-electron chi connectivity index (χ2n) is 3.51. The summed E-state index contributed by atoms with van der Waals surface area (Å²) >= 11 is 0. The minimum Gasteiger partial charge on any atom is -0.396 e. The van der Waals surface area contributed by atoms with E-state index < -0.39 is 0 Å². The lowest BCUT2D eigenvalue weighted by atomic mass is 9.81. The molecule has 3 atom stereocenters. The smallest absolute Gasteiger partial charge is 0.0434 e. The van der Waals surface area contributed by atoms with E-state index in [2.05, 4.69) is 0 Å². The standard InChI is InChI=1S/C8H18N2O/c9-7-2-1-6(3-4-11)8(10)5-7/h6-8,11H,1-5,9-10H2. The summed E-state index contributed by atoms with van der Waals surface area (Å²) in [5.74, 6) is 0.500. The molecule has 11 heavy (non-hydrogen) atoms. The number of hydrogen-bond donors (Lipinski definition) is 3. The van der Waals surface area contributed by atoms with Gasteiger partial charge in [0.05, 0.1) is 0 Å². The van der Waals surface area contributed by atoms with E-state index in [1.54, 1.807) is 0 Å². The first-order valence-electron chi connectivity index (χ1n) is 4.36. The summed E-state index contributed by atoms with van der Waals surface area (Å²) in [6, 6.07) is 0.505. The first-order valence-corrected chi connectivity index (χ1v) is 4.36. The van der Waals surface area contributed by atoms with Gasteiger partial charge in [-0.05, 0) is 31.6 Å². The molecule has 0 aromatic carbocycles. The van der Waals surface area contributed by atoms with Crippen molar-refractivity contribution in [2.75, 3.05) is 6.61 Å². The Hall–Kier alpha value is -0.120. The molecule has 1 rings (SSSR count). The monoisotopic (exact) mass is 158 g/mol. The second kappa shape index (κ2) is 4.04. The van der Waals surface area contributed by atoms with E-state index in [4.69, 9.17) is 16.6 Å². The lowest BCUT2D eigenvalue weighted by Gasteiger charge is -2.31. The van der Waals surface area contributed by atoms with Gasteiger partial charge in [0.15, 0.2) is 0 Å². The molecule has 1 aliphatic carbocycles. The molecular formula is C8H18N2O. The zero-order chi connectivity index (χ0) is 8.27. The van der Waals surface area contributed by atoms with Crippen molar-refractivity contribution in [3.05, 3.63) is 0 Å². The molecule has 0 spiro atoms. The lowest BCUT2D eigenvalue weighted by Crippen LogP contribution is -2.42. The normalized spacial score (nSPS) is 39.0. The average Bonchev–Trinajstić information content (AvgIpc) is 1.95. The topological polar surface area (TPSA) is 72.3 Å². The maximum absolute atomic E-state index is 8.72. The van der Waals surface area contributed by atoms with Crippen molar-refractivity contribution in [2.24, 2.45) is 17.4 Å². The zero-order valence-corrected chi connectivity index (χ0v) is 6.87. The molecule has 0 aromatic heterocycles. The molecule has 3 nitrogen and oxygen atoms in total. The maximum atomic E-state index is 8.72. The predicted octanol–water partition coefficient (Wildman–Crippen LogP) is -0.177. The Morgan fingerprint density at radius 3 is 2.55 bits per heavy atom. The first kappa shape index (κ1) is 8.97. The van der Waals surface area contributed by atoms with Crippen molar-refractivity contribution in [1.29, 1.82) is 0 Å². The highest BCUT2D eigenvalue weighted by Gasteiger charge is 2.25. The molecule has 0 radical (unpaired) electrons. The third-order valence-electron chi connectivity index (χ3n) is 2.59. The van der Waals surface area contributed by atoms with Gasteiger partial charge in [0, 0.05) is 18.7 Å². The van der Waals surface area contributed by atoms with Gasteiger partial charge in [0.25, 0.3) is 0 Å². The second-order valence-corrected chi connectivity index (χ2v) is 3.51. The molecule has 5 N–H and O–H groups in total. The van der Waals surface area contributed by atoms with Crippen molar-refractivity contribution in [3.63, 3.8) is 0 Å². The fourth-order valence-corrected chi connectivity index (χ4v) is 1.83. The molecule has 0 amide bonds. The Morgan fingerprint density at radius 1 is 1.27 bits per heavy atom. The van der Waals surface area contributed by atoms with Gasteiger partial charge >= 0.3 is 0 Å². The molecule has 0 heterocycles. The molecule has 3 heteroatoms. The zero-order valence-electron chi connectivity index (χ0n) is 6.87. The third kappa shape index (κ3) is 2.43. The van der Waals surface area contributed by atoms with Crippen LogP contribution in [0.15, 0.2) is 0 Å². The summed E-state index contributed by atoms with van der Waals surface area (Å²) in [6.07, 6.45) is 3.92. The van der Waals surface area contributed by atoms with Crippen LogP contribution in [-0.4, -0.2) is 23.8 Å². The summed E-state index contributed by atoms with van der Waals surface area (Å²) in [4.78, 5) is 0. The van der Waals surface area contributed by atoms with E-state index in [9.17, 15) is 0 Å². The van der Waals surface area contributed by atoms with Gasteiger partial charge in [-0.1, -0.05) is 0 Å². The van der Waals surface area contributed by atoms with Crippen molar-refractivity contribution in [1.82, 2.24) is 0 Å². The van der Waals surface area contributed by atoms with Gasteiger partial charge < -0.3 is 16.6 Å². The molecule has 1 saturated carbocycles. The van der Waals surface area contributed by atoms with Crippen LogP contribution in [0.5, 0.6) is 0 Å². The fraction of sp³-hybridized carbons (Fsp3) is 1.00. The summed E-state index contributed by atoms with van der Waals surface area (Å²) in [6.45, 7) is 0.258. The van der Waals surface area contributed by atoms with Crippen LogP contribution in [-0.2, 0) is 0 Å². The van der Waals surface area contributed by atoms with Crippen LogP contribution >= 0.6 is 0 Å². The van der Waals surface area contributed by atoms with Crippen LogP contribution in [0, 0.1) is 5.92 Å². The van der Waals surface area contributed by atoms with Gasteiger partial charge in [-0.2, -0.15) is 0 Å². The van der Waals surface area contributed by atoms with Crippen LogP contribution < -0.4 is 11.5 Å². The van der Waals surface area contributed by atoms with Gasteiger partial charge in [-0.25, -0.2) is 0 Å². The molecule has 0 aromatic rings. The summed E-state index contributed by atoms with van der Waals surface area (Å²) in [5.41, 5.74) is 11.6.